The van der Waals surface area contributed by atoms with Crippen LogP contribution in [0, 0.1) is 0 Å². The molecule has 0 aromatic carbocycles. The quantitative estimate of drug-likeness (QED) is 0.273. The number of carbonyl (C=O) groups is 4. The van der Waals surface area contributed by atoms with Crippen molar-refractivity contribution in [2.75, 3.05) is 0 Å². The van der Waals surface area contributed by atoms with E-state index < -0.39 is 23.6 Å². The topological polar surface area (TPSA) is 197 Å². The summed E-state index contributed by atoms with van der Waals surface area (Å²) in [6.07, 6.45) is 0. The molecular weight excluding hydrogens is 312 g/mol. The van der Waals surface area contributed by atoms with Crippen LogP contribution in [0.5, 0.6) is 0 Å². The van der Waals surface area contributed by atoms with Gasteiger partial charge in [0.25, 0.3) is 0 Å². The number of hydroxylamine groups is 2. The SMILES string of the molecule is CC(=O)NO.CC(=O)NO.CC([NH-])=O.CC([NH-])=O.[O]=[Ti+2]. The Morgan fingerprint density at radius 1 is 0.750 bits per heavy atom. The molecule has 0 aliphatic heterocycles. The van der Waals surface area contributed by atoms with E-state index >= 15 is 0 Å². The Morgan fingerprint density at radius 3 is 0.800 bits per heavy atom. The van der Waals surface area contributed by atoms with Crippen LogP contribution in [0.1, 0.15) is 27.7 Å². The number of carbonyl (C=O) groups excluding carboxylic acids is 4. The molecule has 0 saturated heterocycles. The molecule has 0 aromatic heterocycles. The fourth-order valence-corrected chi connectivity index (χ4v) is 0. The van der Waals surface area contributed by atoms with Crippen molar-refractivity contribution in [3.63, 3.8) is 0 Å². The molecule has 20 heavy (non-hydrogen) atoms. The zero-order valence-corrected chi connectivity index (χ0v) is 13.0. The van der Waals surface area contributed by atoms with E-state index in [2.05, 4.69) is 0 Å². The van der Waals surface area contributed by atoms with Gasteiger partial charge in [0, 0.05) is 25.7 Å². The molecule has 12 heteroatoms. The standard InChI is InChI=1S/2C2H5NO2.2C2H5NO.O.Ti/c2*1-2(4)3-5;2*1-2(3)4;;/h2*5H,1H3,(H,3,4);2*1H3,(H2,3,4);;/q;;;;;+2/p-2. The zero-order valence-electron chi connectivity index (χ0n) is 11.4. The monoisotopic (exact) mass is 330 g/mol. The maximum atomic E-state index is 9.45. The second-order valence-electron chi connectivity index (χ2n) is 2.45. The van der Waals surface area contributed by atoms with Crippen LogP contribution < -0.4 is 11.0 Å². The van der Waals surface area contributed by atoms with Gasteiger partial charge in [-0.25, -0.2) is 11.0 Å². The average Bonchev–Trinajstić information content (AvgIpc) is 2.30. The number of amides is 4. The third-order valence-electron chi connectivity index (χ3n) is 0.315. The molecule has 0 saturated carbocycles. The fraction of sp³-hybridized carbons (Fsp3) is 0.500. The van der Waals surface area contributed by atoms with Crippen molar-refractivity contribution in [1.29, 1.82) is 0 Å². The van der Waals surface area contributed by atoms with Crippen LogP contribution in [0.3, 0.4) is 0 Å². The molecule has 0 spiro atoms. The fourth-order valence-electron chi connectivity index (χ4n) is 0. The molecule has 0 fully saturated rings. The number of hydrogen-bond donors (Lipinski definition) is 4. The molecular formula is C8H18N4O7Ti. The molecule has 0 radical (unpaired) electrons. The molecule has 0 atom stereocenters. The van der Waals surface area contributed by atoms with Crippen molar-refractivity contribution in [2.45, 2.75) is 27.7 Å². The Morgan fingerprint density at radius 2 is 0.800 bits per heavy atom. The minimum atomic E-state index is -0.583. The Balaban J connectivity index is -0.0000000482. The van der Waals surface area contributed by atoms with Gasteiger partial charge in [-0.05, 0) is 13.8 Å². The Labute approximate surface area is 127 Å². The van der Waals surface area contributed by atoms with Crippen molar-refractivity contribution in [3.05, 3.63) is 11.5 Å². The number of hydrogen-bond acceptors (Lipinski definition) is 7. The van der Waals surface area contributed by atoms with Crippen molar-refractivity contribution >= 4 is 23.6 Å². The van der Waals surface area contributed by atoms with E-state index in [-0.39, 0.29) is 0 Å². The summed E-state index contributed by atoms with van der Waals surface area (Å²) >= 11 is 0.750. The molecule has 0 unspecified atom stereocenters. The van der Waals surface area contributed by atoms with E-state index in [1.54, 1.807) is 0 Å². The predicted octanol–water partition coefficient (Wildman–Crippen LogP) is 0.0723. The van der Waals surface area contributed by atoms with E-state index in [9.17, 15) is 9.59 Å². The van der Waals surface area contributed by atoms with Crippen LogP contribution in [0.15, 0.2) is 0 Å². The van der Waals surface area contributed by atoms with Gasteiger partial charge >= 0.3 is 23.7 Å². The van der Waals surface area contributed by atoms with Gasteiger partial charge in [0.15, 0.2) is 0 Å². The van der Waals surface area contributed by atoms with E-state index in [0.717, 1.165) is 20.4 Å². The van der Waals surface area contributed by atoms with Gasteiger partial charge in [-0.15, -0.1) is 0 Å². The summed E-state index contributed by atoms with van der Waals surface area (Å²) in [6, 6.07) is 0. The van der Waals surface area contributed by atoms with E-state index in [1.807, 2.05) is 0 Å². The number of nitrogens with one attached hydrogen (secondary N) is 4. The first-order chi connectivity index (χ1) is 9.00. The first-order valence-corrected chi connectivity index (χ1v) is 5.11. The average molecular weight is 330 g/mol. The first kappa shape index (κ1) is 31.0. The van der Waals surface area contributed by atoms with Gasteiger partial charge in [0.2, 0.25) is 11.8 Å². The summed E-state index contributed by atoms with van der Waals surface area (Å²) in [5, 5.41) is 15.1. The third-order valence-corrected chi connectivity index (χ3v) is 0.315. The van der Waals surface area contributed by atoms with Gasteiger partial charge in [-0.1, -0.05) is 0 Å². The van der Waals surface area contributed by atoms with Crippen LogP contribution in [0.4, 0.5) is 0 Å². The van der Waals surface area contributed by atoms with Crippen LogP contribution >= 0.6 is 0 Å². The van der Waals surface area contributed by atoms with Gasteiger partial charge in [-0.3, -0.25) is 20.0 Å². The Hall–Kier alpha value is -1.69. The van der Waals surface area contributed by atoms with E-state index in [4.69, 9.17) is 34.8 Å². The molecule has 0 aliphatic carbocycles. The van der Waals surface area contributed by atoms with Crippen molar-refractivity contribution in [2.24, 2.45) is 0 Å². The van der Waals surface area contributed by atoms with Gasteiger partial charge < -0.3 is 21.1 Å². The second kappa shape index (κ2) is 30.4. The van der Waals surface area contributed by atoms with Crippen LogP contribution in [-0.4, -0.2) is 34.0 Å². The predicted molar refractivity (Wildman–Crippen MR) is 61.9 cm³/mol. The second-order valence-corrected chi connectivity index (χ2v) is 2.45. The maximum absolute atomic E-state index is 9.45. The summed E-state index contributed by atoms with van der Waals surface area (Å²) in [5.74, 6) is -2.05. The first-order valence-electron chi connectivity index (χ1n) is 4.47. The number of rotatable bonds is 0. The third kappa shape index (κ3) is 714. The van der Waals surface area contributed by atoms with Crippen molar-refractivity contribution in [1.82, 2.24) is 11.0 Å². The van der Waals surface area contributed by atoms with Crippen molar-refractivity contribution in [3.8, 4) is 0 Å². The molecule has 6 N–H and O–H groups in total. The van der Waals surface area contributed by atoms with E-state index in [1.165, 1.54) is 38.7 Å². The Bertz CT molecular complexity index is 242. The minimum absolute atomic E-state index is 0.440. The van der Waals surface area contributed by atoms with Gasteiger partial charge in [-0.2, -0.15) is 0 Å². The normalized spacial score (nSPS) is 6.20. The molecule has 4 amide bonds. The molecule has 0 bridgehead atoms. The molecule has 116 valence electrons. The molecule has 11 nitrogen and oxygen atoms in total. The summed E-state index contributed by atoms with van der Waals surface area (Å²) in [4.78, 5) is 37.1. The van der Waals surface area contributed by atoms with E-state index in [0.29, 0.717) is 0 Å². The van der Waals surface area contributed by atoms with Gasteiger partial charge in [0.1, 0.15) is 0 Å². The molecule has 0 heterocycles. The Kier molecular flexibility index (Phi) is 47.1. The summed E-state index contributed by atoms with van der Waals surface area (Å²) in [5.41, 5.74) is 14.7. The summed E-state index contributed by atoms with van der Waals surface area (Å²) < 4.78 is 8.25. The van der Waals surface area contributed by atoms with Crippen LogP contribution in [0.2, 0.25) is 0 Å². The van der Waals surface area contributed by atoms with Crippen molar-refractivity contribution < 1.29 is 53.3 Å². The zero-order chi connectivity index (χ0) is 17.7. The van der Waals surface area contributed by atoms with Crippen LogP contribution in [-0.2, 0) is 42.9 Å². The molecule has 0 aliphatic rings. The summed E-state index contributed by atoms with van der Waals surface area (Å²) in [6.45, 7) is 4.83. The van der Waals surface area contributed by atoms with Gasteiger partial charge in [0.05, 0.1) is 0 Å². The van der Waals surface area contributed by atoms with Crippen LogP contribution in [0.25, 0.3) is 11.5 Å². The molecule has 0 rings (SSSR count). The molecule has 0 aromatic rings. The summed E-state index contributed by atoms with van der Waals surface area (Å²) in [7, 11) is 0.